The van der Waals surface area contributed by atoms with Gasteiger partial charge >= 0.3 is 0 Å². The SMILES string of the molecule is Cc1ccc(Cl)c(Oc2ccc([C@H](C)N)c(Br)c2)c1. The summed E-state index contributed by atoms with van der Waals surface area (Å²) in [5.74, 6) is 1.38. The summed E-state index contributed by atoms with van der Waals surface area (Å²) in [7, 11) is 0. The highest BCUT2D eigenvalue weighted by Crippen LogP contribution is 2.33. The zero-order chi connectivity index (χ0) is 14.0. The van der Waals surface area contributed by atoms with Crippen molar-refractivity contribution in [3.05, 3.63) is 57.0 Å². The lowest BCUT2D eigenvalue weighted by molar-refractivity contribution is 0.481. The lowest BCUT2D eigenvalue weighted by Gasteiger charge is -2.12. The van der Waals surface area contributed by atoms with Gasteiger partial charge in [-0.05, 0) is 49.2 Å². The zero-order valence-corrected chi connectivity index (χ0v) is 13.1. The minimum absolute atomic E-state index is 0.0222. The molecule has 2 nitrogen and oxygen atoms in total. The van der Waals surface area contributed by atoms with Crippen LogP contribution in [0.25, 0.3) is 0 Å². The Bertz CT molecular complexity index is 599. The van der Waals surface area contributed by atoms with E-state index in [2.05, 4.69) is 15.9 Å². The van der Waals surface area contributed by atoms with E-state index in [-0.39, 0.29) is 6.04 Å². The van der Waals surface area contributed by atoms with E-state index in [4.69, 9.17) is 22.1 Å². The van der Waals surface area contributed by atoms with E-state index in [1.54, 1.807) is 0 Å². The smallest absolute Gasteiger partial charge is 0.146 e. The van der Waals surface area contributed by atoms with Crippen LogP contribution in [-0.2, 0) is 0 Å². The second-order valence-electron chi connectivity index (χ2n) is 4.51. The molecule has 0 radical (unpaired) electrons. The van der Waals surface area contributed by atoms with Crippen LogP contribution < -0.4 is 10.5 Å². The fraction of sp³-hybridized carbons (Fsp3) is 0.200. The summed E-state index contributed by atoms with van der Waals surface area (Å²) in [4.78, 5) is 0. The van der Waals surface area contributed by atoms with E-state index in [0.29, 0.717) is 10.8 Å². The van der Waals surface area contributed by atoms with Crippen molar-refractivity contribution in [2.75, 3.05) is 0 Å². The number of ether oxygens (including phenoxy) is 1. The van der Waals surface area contributed by atoms with Crippen LogP contribution in [-0.4, -0.2) is 0 Å². The monoisotopic (exact) mass is 339 g/mol. The highest BCUT2D eigenvalue weighted by atomic mass is 79.9. The van der Waals surface area contributed by atoms with Gasteiger partial charge in [0.2, 0.25) is 0 Å². The Morgan fingerprint density at radius 3 is 2.58 bits per heavy atom. The molecule has 2 N–H and O–H groups in total. The van der Waals surface area contributed by atoms with Gasteiger partial charge in [-0.2, -0.15) is 0 Å². The summed E-state index contributed by atoms with van der Waals surface area (Å²) < 4.78 is 6.74. The summed E-state index contributed by atoms with van der Waals surface area (Å²) in [5.41, 5.74) is 8.02. The maximum absolute atomic E-state index is 6.11. The van der Waals surface area contributed by atoms with Gasteiger partial charge in [0.05, 0.1) is 5.02 Å². The molecule has 2 aromatic carbocycles. The van der Waals surface area contributed by atoms with Crippen LogP contribution in [0.1, 0.15) is 24.1 Å². The lowest BCUT2D eigenvalue weighted by atomic mass is 10.1. The molecule has 0 aliphatic heterocycles. The molecule has 0 unspecified atom stereocenters. The number of halogens is 2. The molecule has 0 spiro atoms. The molecule has 0 fully saturated rings. The molecular formula is C15H15BrClNO. The minimum atomic E-state index is -0.0222. The molecule has 0 saturated carbocycles. The van der Waals surface area contributed by atoms with Gasteiger partial charge in [0.15, 0.2) is 0 Å². The molecule has 0 heterocycles. The zero-order valence-electron chi connectivity index (χ0n) is 10.8. The number of hydrogen-bond acceptors (Lipinski definition) is 2. The Balaban J connectivity index is 2.29. The largest absolute Gasteiger partial charge is 0.456 e. The van der Waals surface area contributed by atoms with Gasteiger partial charge in [-0.15, -0.1) is 0 Å². The van der Waals surface area contributed by atoms with Gasteiger partial charge in [-0.25, -0.2) is 0 Å². The third kappa shape index (κ3) is 3.50. The van der Waals surface area contributed by atoms with Crippen molar-refractivity contribution in [1.82, 2.24) is 0 Å². The first kappa shape index (κ1) is 14.4. The average molecular weight is 341 g/mol. The maximum Gasteiger partial charge on any atom is 0.146 e. The van der Waals surface area contributed by atoms with Crippen molar-refractivity contribution in [2.45, 2.75) is 19.9 Å². The minimum Gasteiger partial charge on any atom is -0.456 e. The molecule has 2 rings (SSSR count). The summed E-state index contributed by atoms with van der Waals surface area (Å²) in [6, 6.07) is 11.4. The predicted molar refractivity (Wildman–Crippen MR) is 83.0 cm³/mol. The van der Waals surface area contributed by atoms with Gasteiger partial charge in [0, 0.05) is 10.5 Å². The maximum atomic E-state index is 6.11. The fourth-order valence-electron chi connectivity index (χ4n) is 1.76. The van der Waals surface area contributed by atoms with Crippen LogP contribution in [0.3, 0.4) is 0 Å². The highest BCUT2D eigenvalue weighted by molar-refractivity contribution is 9.10. The number of benzene rings is 2. The van der Waals surface area contributed by atoms with Crippen LogP contribution >= 0.6 is 27.5 Å². The van der Waals surface area contributed by atoms with Crippen molar-refractivity contribution in [3.63, 3.8) is 0 Å². The lowest BCUT2D eigenvalue weighted by Crippen LogP contribution is -2.05. The molecule has 2 aromatic rings. The highest BCUT2D eigenvalue weighted by Gasteiger charge is 2.08. The Labute approximate surface area is 126 Å². The van der Waals surface area contributed by atoms with E-state index in [9.17, 15) is 0 Å². The second-order valence-corrected chi connectivity index (χ2v) is 5.77. The van der Waals surface area contributed by atoms with E-state index in [0.717, 1.165) is 21.3 Å². The van der Waals surface area contributed by atoms with E-state index in [1.165, 1.54) is 0 Å². The molecule has 0 saturated heterocycles. The molecule has 1 atom stereocenters. The molecule has 4 heteroatoms. The summed E-state index contributed by atoms with van der Waals surface area (Å²) in [6.45, 7) is 3.94. The summed E-state index contributed by atoms with van der Waals surface area (Å²) >= 11 is 9.61. The Morgan fingerprint density at radius 2 is 1.95 bits per heavy atom. The summed E-state index contributed by atoms with van der Waals surface area (Å²) in [5, 5.41) is 0.595. The standard InChI is InChI=1S/C15H15BrClNO/c1-9-3-6-14(17)15(7-9)19-11-4-5-12(10(2)18)13(16)8-11/h3-8,10H,18H2,1-2H3/t10-/m0/s1. The van der Waals surface area contributed by atoms with Gasteiger partial charge in [-0.3, -0.25) is 0 Å². The van der Waals surface area contributed by atoms with Crippen LogP contribution in [0.15, 0.2) is 40.9 Å². The predicted octanol–water partition coefficient (Wildman–Crippen LogP) is 5.22. The van der Waals surface area contributed by atoms with Crippen molar-refractivity contribution in [3.8, 4) is 11.5 Å². The molecule has 0 aliphatic carbocycles. The molecule has 0 amide bonds. The van der Waals surface area contributed by atoms with Crippen LogP contribution in [0.5, 0.6) is 11.5 Å². The summed E-state index contributed by atoms with van der Waals surface area (Å²) in [6.07, 6.45) is 0. The topological polar surface area (TPSA) is 35.2 Å². The van der Waals surface area contributed by atoms with Gasteiger partial charge in [0.1, 0.15) is 11.5 Å². The van der Waals surface area contributed by atoms with Crippen LogP contribution in [0.4, 0.5) is 0 Å². The van der Waals surface area contributed by atoms with Crippen molar-refractivity contribution < 1.29 is 4.74 Å². The fourth-order valence-corrected chi connectivity index (χ4v) is 2.63. The molecule has 100 valence electrons. The van der Waals surface area contributed by atoms with Crippen LogP contribution in [0, 0.1) is 6.92 Å². The number of aryl methyl sites for hydroxylation is 1. The Hall–Kier alpha value is -1.03. The molecule has 0 bridgehead atoms. The van der Waals surface area contributed by atoms with Gasteiger partial charge in [-0.1, -0.05) is 39.7 Å². The van der Waals surface area contributed by atoms with Gasteiger partial charge < -0.3 is 10.5 Å². The Morgan fingerprint density at radius 1 is 1.21 bits per heavy atom. The van der Waals surface area contributed by atoms with Crippen molar-refractivity contribution in [1.29, 1.82) is 0 Å². The number of rotatable bonds is 3. The van der Waals surface area contributed by atoms with Gasteiger partial charge in [0.25, 0.3) is 0 Å². The normalized spacial score (nSPS) is 12.3. The van der Waals surface area contributed by atoms with Crippen LogP contribution in [0.2, 0.25) is 5.02 Å². The third-order valence-electron chi connectivity index (χ3n) is 2.78. The molecule has 0 aliphatic rings. The number of hydrogen-bond donors (Lipinski definition) is 1. The first-order valence-electron chi connectivity index (χ1n) is 5.96. The second kappa shape index (κ2) is 5.95. The van der Waals surface area contributed by atoms with E-state index >= 15 is 0 Å². The van der Waals surface area contributed by atoms with Crippen molar-refractivity contribution >= 4 is 27.5 Å². The Kier molecular flexibility index (Phi) is 4.50. The average Bonchev–Trinajstić information content (AvgIpc) is 2.33. The first-order chi connectivity index (χ1) is 8.97. The van der Waals surface area contributed by atoms with E-state index < -0.39 is 0 Å². The number of nitrogens with two attached hydrogens (primary N) is 1. The van der Waals surface area contributed by atoms with Crippen molar-refractivity contribution in [2.24, 2.45) is 5.73 Å². The first-order valence-corrected chi connectivity index (χ1v) is 7.13. The quantitative estimate of drug-likeness (QED) is 0.831. The van der Waals surface area contributed by atoms with E-state index in [1.807, 2.05) is 50.2 Å². The third-order valence-corrected chi connectivity index (χ3v) is 3.78. The molecule has 19 heavy (non-hydrogen) atoms. The molecular weight excluding hydrogens is 326 g/mol. The molecule has 0 aromatic heterocycles.